The number of benzene rings is 2. The fourth-order valence-electron chi connectivity index (χ4n) is 4.01. The van der Waals surface area contributed by atoms with E-state index in [1.54, 1.807) is 6.92 Å². The molecule has 0 fully saturated rings. The molecule has 0 saturated carbocycles. The standard InChI is InChI=1S/C29H30Br2O6/c1-9-15(5)19-21-26(18(13-32)27(34-8)22(19)30)36-28-20(16(6)10-2)23(31)24(35-12-11-14(3)4)17(7)25(28)37-29(21)33/h9-11,13H,12H2,1-8H3. The van der Waals surface area contributed by atoms with Gasteiger partial charge in [-0.2, -0.15) is 0 Å². The maximum atomic E-state index is 13.7. The predicted octanol–water partition coefficient (Wildman–Crippen LogP) is 8.86. The zero-order valence-corrected chi connectivity index (χ0v) is 25.4. The van der Waals surface area contributed by atoms with Crippen LogP contribution < -0.4 is 18.9 Å². The lowest BCUT2D eigenvalue weighted by Crippen LogP contribution is -2.13. The smallest absolute Gasteiger partial charge is 0.348 e. The average molecular weight is 634 g/mol. The summed E-state index contributed by atoms with van der Waals surface area (Å²) in [6.45, 7) is 13.7. The number of ether oxygens (including phenoxy) is 4. The van der Waals surface area contributed by atoms with E-state index in [4.69, 9.17) is 18.9 Å². The number of hydrogen-bond donors (Lipinski definition) is 0. The van der Waals surface area contributed by atoms with Crippen LogP contribution in [0.1, 0.15) is 78.9 Å². The van der Waals surface area contributed by atoms with Gasteiger partial charge in [0.05, 0.1) is 16.1 Å². The second-order valence-electron chi connectivity index (χ2n) is 8.79. The third-order valence-electron chi connectivity index (χ3n) is 6.22. The lowest BCUT2D eigenvalue weighted by molar-refractivity contribution is 0.0735. The number of rotatable bonds is 7. The maximum absolute atomic E-state index is 13.7. The van der Waals surface area contributed by atoms with E-state index >= 15 is 0 Å². The second-order valence-corrected chi connectivity index (χ2v) is 10.4. The molecule has 0 spiro atoms. The molecule has 1 aliphatic heterocycles. The first-order chi connectivity index (χ1) is 17.5. The topological polar surface area (TPSA) is 71.1 Å². The van der Waals surface area contributed by atoms with E-state index in [1.807, 2.05) is 59.8 Å². The molecule has 6 nitrogen and oxygen atoms in total. The molecule has 0 unspecified atom stereocenters. The second kappa shape index (κ2) is 11.7. The summed E-state index contributed by atoms with van der Waals surface area (Å²) in [6.07, 6.45) is 6.36. The van der Waals surface area contributed by atoms with Crippen LogP contribution in [0.4, 0.5) is 0 Å². The van der Waals surface area contributed by atoms with Gasteiger partial charge in [-0.1, -0.05) is 17.7 Å². The minimum Gasteiger partial charge on any atom is -0.495 e. The summed E-state index contributed by atoms with van der Waals surface area (Å²) in [5.74, 6) is 0.754. The van der Waals surface area contributed by atoms with Gasteiger partial charge in [0.15, 0.2) is 23.5 Å². The molecule has 0 radical (unpaired) electrons. The predicted molar refractivity (Wildman–Crippen MR) is 154 cm³/mol. The Labute approximate surface area is 234 Å². The van der Waals surface area contributed by atoms with Gasteiger partial charge in [-0.15, -0.1) is 0 Å². The van der Waals surface area contributed by atoms with Crippen LogP contribution in [0.25, 0.3) is 11.1 Å². The van der Waals surface area contributed by atoms with Crippen LogP contribution >= 0.6 is 31.9 Å². The Balaban J connectivity index is 2.46. The highest BCUT2D eigenvalue weighted by atomic mass is 79.9. The average Bonchev–Trinajstić information content (AvgIpc) is 3.01. The normalized spacial score (nSPS) is 13.1. The van der Waals surface area contributed by atoms with Crippen LogP contribution in [0.2, 0.25) is 0 Å². The van der Waals surface area contributed by atoms with Crippen molar-refractivity contribution < 1.29 is 28.5 Å². The molecule has 37 heavy (non-hydrogen) atoms. The van der Waals surface area contributed by atoms with Gasteiger partial charge in [-0.05, 0) is 97.5 Å². The van der Waals surface area contributed by atoms with Gasteiger partial charge >= 0.3 is 5.97 Å². The monoisotopic (exact) mass is 632 g/mol. The highest BCUT2D eigenvalue weighted by molar-refractivity contribution is 9.11. The molecular formula is C29H30Br2O6. The van der Waals surface area contributed by atoms with Crippen molar-refractivity contribution in [1.29, 1.82) is 0 Å². The Bertz CT molecular complexity index is 1380. The van der Waals surface area contributed by atoms with Crippen molar-refractivity contribution in [3.63, 3.8) is 0 Å². The Kier molecular flexibility index (Phi) is 9.08. The van der Waals surface area contributed by atoms with Crippen LogP contribution in [-0.2, 0) is 0 Å². The molecule has 0 aromatic heterocycles. The van der Waals surface area contributed by atoms with Crippen LogP contribution in [0.3, 0.4) is 0 Å². The van der Waals surface area contributed by atoms with Crippen molar-refractivity contribution in [3.05, 3.63) is 60.6 Å². The number of carbonyl (C=O) groups excluding carboxylic acids is 2. The first-order valence-electron chi connectivity index (χ1n) is 11.7. The van der Waals surface area contributed by atoms with Crippen molar-refractivity contribution >= 4 is 55.3 Å². The molecule has 0 aliphatic carbocycles. The van der Waals surface area contributed by atoms with Crippen LogP contribution in [0.5, 0.6) is 28.7 Å². The first-order valence-corrected chi connectivity index (χ1v) is 13.3. The molecule has 8 heteroatoms. The summed E-state index contributed by atoms with van der Waals surface area (Å²) >= 11 is 7.25. The molecule has 2 aromatic carbocycles. The van der Waals surface area contributed by atoms with E-state index in [1.165, 1.54) is 7.11 Å². The SMILES string of the molecule is CC=C(C)c1c(Br)c(OCC=C(C)C)c(C)c2c1Oc1c(C=O)c(OC)c(Br)c(C(C)=CC)c1C(=O)O2. The van der Waals surface area contributed by atoms with Crippen molar-refractivity contribution in [1.82, 2.24) is 0 Å². The quantitative estimate of drug-likeness (QED) is 0.131. The molecule has 0 amide bonds. The zero-order valence-electron chi connectivity index (χ0n) is 22.2. The maximum Gasteiger partial charge on any atom is 0.348 e. The van der Waals surface area contributed by atoms with Gasteiger partial charge in [0.25, 0.3) is 0 Å². The summed E-state index contributed by atoms with van der Waals surface area (Å²) in [6, 6.07) is 0. The highest BCUT2D eigenvalue weighted by Crippen LogP contribution is 2.55. The fourth-order valence-corrected chi connectivity index (χ4v) is 5.80. The van der Waals surface area contributed by atoms with Gasteiger partial charge in [-0.25, -0.2) is 4.79 Å². The van der Waals surface area contributed by atoms with Crippen molar-refractivity contribution in [2.45, 2.75) is 48.5 Å². The van der Waals surface area contributed by atoms with E-state index in [-0.39, 0.29) is 28.4 Å². The molecule has 196 valence electrons. The third-order valence-corrected chi connectivity index (χ3v) is 7.73. The molecule has 1 heterocycles. The Morgan fingerprint density at radius 2 is 1.49 bits per heavy atom. The van der Waals surface area contributed by atoms with E-state index in [2.05, 4.69) is 31.9 Å². The number of methoxy groups -OCH3 is 1. The number of allylic oxidation sites excluding steroid dienone is 5. The van der Waals surface area contributed by atoms with E-state index < -0.39 is 5.97 Å². The van der Waals surface area contributed by atoms with Gasteiger partial charge in [0, 0.05) is 16.7 Å². The number of carbonyl (C=O) groups is 2. The van der Waals surface area contributed by atoms with Gasteiger partial charge in [-0.3, -0.25) is 4.79 Å². The Morgan fingerprint density at radius 3 is 2.03 bits per heavy atom. The molecule has 2 aromatic rings. The highest BCUT2D eigenvalue weighted by Gasteiger charge is 2.37. The van der Waals surface area contributed by atoms with Gasteiger partial charge in [0.1, 0.15) is 29.2 Å². The molecule has 3 rings (SSSR count). The van der Waals surface area contributed by atoms with Crippen LogP contribution in [-0.4, -0.2) is 26.0 Å². The lowest BCUT2D eigenvalue weighted by atomic mass is 9.96. The number of fused-ring (bicyclic) bond motifs is 2. The Hall–Kier alpha value is -2.84. The molecular weight excluding hydrogens is 604 g/mol. The van der Waals surface area contributed by atoms with Crippen LogP contribution in [0, 0.1) is 6.92 Å². The summed E-state index contributed by atoms with van der Waals surface area (Å²) in [5, 5.41) is 0. The van der Waals surface area contributed by atoms with Crippen molar-refractivity contribution in [3.8, 4) is 28.7 Å². The summed E-state index contributed by atoms with van der Waals surface area (Å²) in [5.41, 5.74) is 4.75. The molecule has 0 atom stereocenters. The third kappa shape index (κ3) is 5.14. The molecule has 0 N–H and O–H groups in total. The fraction of sp³-hybridized carbons (Fsp3) is 0.310. The minimum absolute atomic E-state index is 0.0738. The van der Waals surface area contributed by atoms with Crippen LogP contribution in [0.15, 0.2) is 32.7 Å². The number of hydrogen-bond acceptors (Lipinski definition) is 6. The van der Waals surface area contributed by atoms with Crippen molar-refractivity contribution in [2.75, 3.05) is 13.7 Å². The van der Waals surface area contributed by atoms with E-state index in [0.717, 1.165) is 16.7 Å². The van der Waals surface area contributed by atoms with Gasteiger partial charge < -0.3 is 18.9 Å². The summed E-state index contributed by atoms with van der Waals surface area (Å²) in [4.78, 5) is 26.1. The molecule has 1 aliphatic rings. The van der Waals surface area contributed by atoms with E-state index in [9.17, 15) is 9.59 Å². The van der Waals surface area contributed by atoms with Gasteiger partial charge in [0.2, 0.25) is 0 Å². The van der Waals surface area contributed by atoms with Crippen molar-refractivity contribution in [2.24, 2.45) is 0 Å². The summed E-state index contributed by atoms with van der Waals surface area (Å²) in [7, 11) is 1.46. The number of halogens is 2. The molecule has 0 bridgehead atoms. The zero-order chi connectivity index (χ0) is 27.6. The number of esters is 1. The Morgan fingerprint density at radius 1 is 0.892 bits per heavy atom. The molecule has 0 saturated heterocycles. The lowest BCUT2D eigenvalue weighted by Gasteiger charge is -2.22. The minimum atomic E-state index is -0.652. The first kappa shape index (κ1) is 28.7. The largest absolute Gasteiger partial charge is 0.495 e. The van der Waals surface area contributed by atoms with E-state index in [0.29, 0.717) is 50.0 Å². The number of aldehydes is 1. The summed E-state index contributed by atoms with van der Waals surface area (Å²) < 4.78 is 25.3.